The van der Waals surface area contributed by atoms with E-state index in [2.05, 4.69) is 10.1 Å². The maximum atomic E-state index is 12.4. The molecule has 0 aliphatic heterocycles. The van der Waals surface area contributed by atoms with Crippen LogP contribution in [0.4, 0.5) is 13.2 Å². The van der Waals surface area contributed by atoms with Gasteiger partial charge < -0.3 is 0 Å². The number of nitrogens with zero attached hydrogens (tertiary/aromatic N) is 3. The summed E-state index contributed by atoms with van der Waals surface area (Å²) in [6.45, 7) is 0. The lowest BCUT2D eigenvalue weighted by atomic mass is 10.3. The van der Waals surface area contributed by atoms with Crippen molar-refractivity contribution in [3.63, 3.8) is 0 Å². The van der Waals surface area contributed by atoms with Crippen LogP contribution < -0.4 is 0 Å². The fraction of sp³-hybridized carbons (Fsp3) is 0.111. The third-order valence-corrected chi connectivity index (χ3v) is 2.73. The molecule has 18 heavy (non-hydrogen) atoms. The SMILES string of the molecule is O=[SH](=O)c1cnn(-c2ccnc(C(F)(F)F)c2)c1. The molecule has 5 nitrogen and oxygen atoms in total. The molecular weight excluding hydrogens is 271 g/mol. The average molecular weight is 277 g/mol. The molecule has 0 aliphatic carbocycles. The van der Waals surface area contributed by atoms with Crippen molar-refractivity contribution >= 4 is 10.7 Å². The van der Waals surface area contributed by atoms with Crippen LogP contribution in [0.2, 0.25) is 0 Å². The third-order valence-electron chi connectivity index (χ3n) is 2.08. The largest absolute Gasteiger partial charge is 0.433 e. The van der Waals surface area contributed by atoms with Crippen molar-refractivity contribution < 1.29 is 21.6 Å². The number of rotatable bonds is 2. The van der Waals surface area contributed by atoms with E-state index in [0.29, 0.717) is 0 Å². The fourth-order valence-corrected chi connectivity index (χ4v) is 1.62. The summed E-state index contributed by atoms with van der Waals surface area (Å²) in [6.07, 6.45) is -1.40. The van der Waals surface area contributed by atoms with Crippen molar-refractivity contribution in [2.75, 3.05) is 0 Å². The van der Waals surface area contributed by atoms with E-state index in [4.69, 9.17) is 0 Å². The maximum Gasteiger partial charge on any atom is 0.433 e. The Morgan fingerprint density at radius 1 is 1.28 bits per heavy atom. The molecule has 0 N–H and O–H groups in total. The summed E-state index contributed by atoms with van der Waals surface area (Å²) in [5.74, 6) is 0. The molecule has 0 spiro atoms. The topological polar surface area (TPSA) is 64.8 Å². The van der Waals surface area contributed by atoms with Gasteiger partial charge in [-0.2, -0.15) is 18.3 Å². The number of thiol groups is 1. The molecular formula is C9H6F3N3O2S. The summed E-state index contributed by atoms with van der Waals surface area (Å²) in [5, 5.41) is 3.67. The minimum Gasteiger partial charge on any atom is -0.252 e. The van der Waals surface area contributed by atoms with E-state index in [9.17, 15) is 21.6 Å². The monoisotopic (exact) mass is 277 g/mol. The van der Waals surface area contributed by atoms with Crippen LogP contribution in [-0.4, -0.2) is 23.2 Å². The smallest absolute Gasteiger partial charge is 0.252 e. The number of hydrogen-bond donors (Lipinski definition) is 1. The van der Waals surface area contributed by atoms with Crippen LogP contribution in [0.5, 0.6) is 0 Å². The molecule has 2 aromatic heterocycles. The van der Waals surface area contributed by atoms with Gasteiger partial charge in [0.05, 0.1) is 11.9 Å². The van der Waals surface area contributed by atoms with Crippen LogP contribution in [0.3, 0.4) is 0 Å². The first kappa shape index (κ1) is 12.6. The molecule has 0 bridgehead atoms. The Morgan fingerprint density at radius 3 is 2.56 bits per heavy atom. The highest BCUT2D eigenvalue weighted by Crippen LogP contribution is 2.28. The zero-order chi connectivity index (χ0) is 13.3. The highest BCUT2D eigenvalue weighted by Gasteiger charge is 2.32. The van der Waals surface area contributed by atoms with E-state index < -0.39 is 22.6 Å². The van der Waals surface area contributed by atoms with E-state index >= 15 is 0 Å². The Kier molecular flexibility index (Phi) is 3.07. The van der Waals surface area contributed by atoms with Crippen LogP contribution in [0.25, 0.3) is 5.69 Å². The van der Waals surface area contributed by atoms with Gasteiger partial charge in [-0.3, -0.25) is 4.98 Å². The molecule has 0 aromatic carbocycles. The number of halogens is 3. The van der Waals surface area contributed by atoms with Crippen molar-refractivity contribution in [1.29, 1.82) is 0 Å². The first-order chi connectivity index (χ1) is 8.38. The van der Waals surface area contributed by atoms with Gasteiger partial charge in [-0.25, -0.2) is 13.1 Å². The molecule has 2 rings (SSSR count). The zero-order valence-corrected chi connectivity index (χ0v) is 9.52. The van der Waals surface area contributed by atoms with Gasteiger partial charge in [-0.1, -0.05) is 0 Å². The van der Waals surface area contributed by atoms with Gasteiger partial charge in [0.25, 0.3) is 0 Å². The van der Waals surface area contributed by atoms with Crippen LogP contribution in [-0.2, 0) is 16.9 Å². The van der Waals surface area contributed by atoms with Crippen LogP contribution in [0.1, 0.15) is 5.69 Å². The molecule has 0 aliphatic rings. The molecule has 0 fully saturated rings. The van der Waals surface area contributed by atoms with Crippen molar-refractivity contribution in [1.82, 2.24) is 14.8 Å². The highest BCUT2D eigenvalue weighted by molar-refractivity contribution is 7.72. The molecule has 0 amide bonds. The van der Waals surface area contributed by atoms with Crippen molar-refractivity contribution in [3.8, 4) is 5.69 Å². The molecule has 2 aromatic rings. The van der Waals surface area contributed by atoms with Crippen molar-refractivity contribution in [2.45, 2.75) is 11.1 Å². The van der Waals surface area contributed by atoms with Gasteiger partial charge >= 0.3 is 6.18 Å². The van der Waals surface area contributed by atoms with Gasteiger partial charge in [-0.05, 0) is 12.1 Å². The number of alkyl halides is 3. The zero-order valence-electron chi connectivity index (χ0n) is 8.63. The van der Waals surface area contributed by atoms with Crippen LogP contribution in [0.15, 0.2) is 35.6 Å². The molecule has 96 valence electrons. The Morgan fingerprint density at radius 2 is 2.00 bits per heavy atom. The summed E-state index contributed by atoms with van der Waals surface area (Å²) < 4.78 is 59.6. The van der Waals surface area contributed by atoms with E-state index in [1.54, 1.807) is 0 Å². The number of pyridine rings is 1. The normalized spacial score (nSPS) is 12.0. The van der Waals surface area contributed by atoms with Crippen LogP contribution >= 0.6 is 0 Å². The standard InChI is InChI=1S/C9H6F3N3O2S/c10-9(11,12)8-3-6(1-2-13-8)15-5-7(4-14-15)18(16)17/h1-5,18H. The third kappa shape index (κ3) is 2.50. The maximum absolute atomic E-state index is 12.4. The number of hydrogen-bond acceptors (Lipinski definition) is 4. The van der Waals surface area contributed by atoms with E-state index in [1.165, 1.54) is 6.07 Å². The predicted octanol–water partition coefficient (Wildman–Crippen LogP) is 1.26. The number of aromatic nitrogens is 3. The summed E-state index contributed by atoms with van der Waals surface area (Å²) in [6, 6.07) is 2.08. The van der Waals surface area contributed by atoms with Gasteiger partial charge in [0, 0.05) is 12.4 Å². The summed E-state index contributed by atoms with van der Waals surface area (Å²) >= 11 is 0. The van der Waals surface area contributed by atoms with Gasteiger partial charge in [0.1, 0.15) is 10.6 Å². The minimum atomic E-state index is -4.56. The Bertz CT molecular complexity index is 641. The second kappa shape index (κ2) is 4.41. The summed E-state index contributed by atoms with van der Waals surface area (Å²) in [4.78, 5) is 3.12. The van der Waals surface area contributed by atoms with E-state index in [0.717, 1.165) is 29.3 Å². The quantitative estimate of drug-likeness (QED) is 0.839. The van der Waals surface area contributed by atoms with Gasteiger partial charge in [-0.15, -0.1) is 0 Å². The van der Waals surface area contributed by atoms with Gasteiger partial charge in [0.15, 0.2) is 10.7 Å². The second-order valence-electron chi connectivity index (χ2n) is 3.30. The van der Waals surface area contributed by atoms with Crippen molar-refractivity contribution in [3.05, 3.63) is 36.4 Å². The first-order valence-electron chi connectivity index (χ1n) is 4.60. The minimum absolute atomic E-state index is 0.0737. The molecule has 0 saturated carbocycles. The molecule has 0 atom stereocenters. The molecule has 9 heteroatoms. The Labute approximate surface area is 101 Å². The lowest BCUT2D eigenvalue weighted by Gasteiger charge is -2.07. The first-order valence-corrected chi connectivity index (χ1v) is 5.78. The summed E-state index contributed by atoms with van der Waals surface area (Å²) in [5.41, 5.74) is -0.982. The summed E-state index contributed by atoms with van der Waals surface area (Å²) in [7, 11) is -2.82. The lowest BCUT2D eigenvalue weighted by molar-refractivity contribution is -0.141. The molecule has 2 heterocycles. The molecule has 0 saturated heterocycles. The lowest BCUT2D eigenvalue weighted by Crippen LogP contribution is -2.08. The Hall–Kier alpha value is -1.90. The second-order valence-corrected chi connectivity index (χ2v) is 4.33. The fourth-order valence-electron chi connectivity index (χ4n) is 1.27. The molecule has 0 unspecified atom stereocenters. The van der Waals surface area contributed by atoms with E-state index in [-0.39, 0.29) is 10.6 Å². The van der Waals surface area contributed by atoms with Crippen molar-refractivity contribution in [2.24, 2.45) is 0 Å². The predicted molar refractivity (Wildman–Crippen MR) is 54.9 cm³/mol. The molecule has 0 radical (unpaired) electrons. The van der Waals surface area contributed by atoms with Gasteiger partial charge in [0.2, 0.25) is 0 Å². The Balaban J connectivity index is 2.44. The van der Waals surface area contributed by atoms with Crippen LogP contribution in [0, 0.1) is 0 Å². The average Bonchev–Trinajstić information content (AvgIpc) is 2.77. The van der Waals surface area contributed by atoms with E-state index in [1.807, 2.05) is 0 Å². The highest BCUT2D eigenvalue weighted by atomic mass is 32.2.